The molecule has 0 saturated carbocycles. The molecule has 29 heavy (non-hydrogen) atoms. The van der Waals surface area contributed by atoms with Gasteiger partial charge in [-0.05, 0) is 43.7 Å². The first kappa shape index (κ1) is 22.4. The van der Waals surface area contributed by atoms with Crippen molar-refractivity contribution in [2.45, 2.75) is 19.4 Å². The van der Waals surface area contributed by atoms with E-state index in [0.29, 0.717) is 36.2 Å². The van der Waals surface area contributed by atoms with Gasteiger partial charge in [-0.15, -0.1) is 0 Å². The van der Waals surface area contributed by atoms with E-state index < -0.39 is 6.10 Å². The van der Waals surface area contributed by atoms with Gasteiger partial charge in [0, 0.05) is 18.7 Å². The van der Waals surface area contributed by atoms with E-state index in [9.17, 15) is 5.11 Å². The van der Waals surface area contributed by atoms with Gasteiger partial charge < -0.3 is 30.0 Å². The van der Waals surface area contributed by atoms with Crippen LogP contribution in [0.2, 0.25) is 0 Å². The zero-order valence-corrected chi connectivity index (χ0v) is 17.4. The highest BCUT2D eigenvalue weighted by Crippen LogP contribution is 2.29. The third-order valence-electron chi connectivity index (χ3n) is 4.19. The normalized spacial score (nSPS) is 12.2. The van der Waals surface area contributed by atoms with Crippen molar-refractivity contribution < 1.29 is 19.3 Å². The standard InChI is InChI=1S/C22H31N3O4/c1-4-23-22(24-13-8-14-29-17-9-6-5-7-10-17)25-16-20(26)19-15-18(27-2)11-12-21(19)28-3/h5-7,9-12,15,20,26H,4,8,13-14,16H2,1-3H3,(H2,23,24,25). The van der Waals surface area contributed by atoms with Crippen molar-refractivity contribution in [1.29, 1.82) is 0 Å². The second-order valence-electron chi connectivity index (χ2n) is 6.29. The van der Waals surface area contributed by atoms with E-state index in [1.807, 2.05) is 37.3 Å². The molecule has 0 aliphatic rings. The van der Waals surface area contributed by atoms with Crippen molar-refractivity contribution in [1.82, 2.24) is 10.6 Å². The van der Waals surface area contributed by atoms with E-state index in [1.54, 1.807) is 32.4 Å². The summed E-state index contributed by atoms with van der Waals surface area (Å²) < 4.78 is 16.3. The van der Waals surface area contributed by atoms with Crippen LogP contribution in [0.3, 0.4) is 0 Å². The molecule has 2 aromatic rings. The Morgan fingerprint density at radius 1 is 1.03 bits per heavy atom. The molecule has 0 bridgehead atoms. The first-order chi connectivity index (χ1) is 14.2. The van der Waals surface area contributed by atoms with Gasteiger partial charge in [0.15, 0.2) is 5.96 Å². The number of aliphatic imine (C=N–C) groups is 1. The lowest BCUT2D eigenvalue weighted by Gasteiger charge is -2.16. The second kappa shape index (κ2) is 12.5. The van der Waals surface area contributed by atoms with Crippen molar-refractivity contribution in [3.05, 3.63) is 54.1 Å². The van der Waals surface area contributed by atoms with Crippen LogP contribution in [0.25, 0.3) is 0 Å². The summed E-state index contributed by atoms with van der Waals surface area (Å²) in [5, 5.41) is 17.0. The third-order valence-corrected chi connectivity index (χ3v) is 4.19. The number of hydrogen-bond acceptors (Lipinski definition) is 5. The molecule has 158 valence electrons. The molecular formula is C22H31N3O4. The summed E-state index contributed by atoms with van der Waals surface area (Å²) in [5.74, 6) is 2.77. The number of methoxy groups -OCH3 is 2. The van der Waals surface area contributed by atoms with Crippen LogP contribution in [0.15, 0.2) is 53.5 Å². The maximum absolute atomic E-state index is 10.6. The number of aliphatic hydroxyl groups is 1. The fourth-order valence-corrected chi connectivity index (χ4v) is 2.70. The topological polar surface area (TPSA) is 84.3 Å². The number of para-hydroxylation sites is 1. The lowest BCUT2D eigenvalue weighted by Crippen LogP contribution is -2.38. The molecule has 0 aliphatic heterocycles. The number of guanidine groups is 1. The number of ether oxygens (including phenoxy) is 3. The van der Waals surface area contributed by atoms with E-state index in [-0.39, 0.29) is 6.54 Å². The van der Waals surface area contributed by atoms with E-state index in [2.05, 4.69) is 15.6 Å². The average molecular weight is 402 g/mol. The second-order valence-corrected chi connectivity index (χ2v) is 6.29. The number of hydrogen-bond donors (Lipinski definition) is 3. The molecule has 2 aromatic carbocycles. The van der Waals surface area contributed by atoms with Gasteiger partial charge in [0.05, 0.1) is 27.4 Å². The Morgan fingerprint density at radius 3 is 2.52 bits per heavy atom. The number of benzene rings is 2. The minimum absolute atomic E-state index is 0.194. The zero-order chi connectivity index (χ0) is 20.9. The van der Waals surface area contributed by atoms with Gasteiger partial charge in [-0.1, -0.05) is 18.2 Å². The predicted molar refractivity (Wildman–Crippen MR) is 115 cm³/mol. The monoisotopic (exact) mass is 401 g/mol. The molecule has 0 aliphatic carbocycles. The van der Waals surface area contributed by atoms with Crippen LogP contribution >= 0.6 is 0 Å². The summed E-state index contributed by atoms with van der Waals surface area (Å²) >= 11 is 0. The summed E-state index contributed by atoms with van der Waals surface area (Å²) in [6.07, 6.45) is 0.0166. The third kappa shape index (κ3) is 7.54. The van der Waals surface area contributed by atoms with Gasteiger partial charge in [0.25, 0.3) is 0 Å². The molecule has 0 spiro atoms. The Morgan fingerprint density at radius 2 is 1.83 bits per heavy atom. The highest BCUT2D eigenvalue weighted by molar-refractivity contribution is 5.79. The van der Waals surface area contributed by atoms with Crippen LogP contribution in [0.5, 0.6) is 17.2 Å². The number of rotatable bonds is 11. The predicted octanol–water partition coefficient (Wildman–Crippen LogP) is 2.76. The van der Waals surface area contributed by atoms with Crippen molar-refractivity contribution in [2.75, 3.05) is 40.5 Å². The Kier molecular flexibility index (Phi) is 9.65. The highest BCUT2D eigenvalue weighted by atomic mass is 16.5. The van der Waals surface area contributed by atoms with Crippen LogP contribution in [0, 0.1) is 0 Å². The molecule has 7 heteroatoms. The van der Waals surface area contributed by atoms with E-state index in [1.165, 1.54) is 0 Å². The summed E-state index contributed by atoms with van der Waals surface area (Å²) in [6.45, 7) is 4.23. The molecule has 3 N–H and O–H groups in total. The van der Waals surface area contributed by atoms with Crippen LogP contribution in [0.4, 0.5) is 0 Å². The zero-order valence-electron chi connectivity index (χ0n) is 17.4. The molecule has 0 aromatic heterocycles. The van der Waals surface area contributed by atoms with Crippen LogP contribution in [-0.4, -0.2) is 51.5 Å². The van der Waals surface area contributed by atoms with Crippen LogP contribution < -0.4 is 24.8 Å². The quantitative estimate of drug-likeness (QED) is 0.305. The summed E-state index contributed by atoms with van der Waals surface area (Å²) in [5.41, 5.74) is 0.641. The lowest BCUT2D eigenvalue weighted by molar-refractivity contribution is 0.182. The lowest BCUT2D eigenvalue weighted by atomic mass is 10.1. The molecule has 0 saturated heterocycles. The van der Waals surface area contributed by atoms with Crippen molar-refractivity contribution in [3.63, 3.8) is 0 Å². The fourth-order valence-electron chi connectivity index (χ4n) is 2.70. The molecule has 7 nitrogen and oxygen atoms in total. The fraction of sp³-hybridized carbons (Fsp3) is 0.409. The van der Waals surface area contributed by atoms with E-state index >= 15 is 0 Å². The first-order valence-electron chi connectivity index (χ1n) is 9.78. The smallest absolute Gasteiger partial charge is 0.191 e. The van der Waals surface area contributed by atoms with Gasteiger partial charge in [-0.25, -0.2) is 0 Å². The van der Waals surface area contributed by atoms with Crippen LogP contribution in [0.1, 0.15) is 25.0 Å². The molecule has 0 fully saturated rings. The summed E-state index contributed by atoms with van der Waals surface area (Å²) in [6, 6.07) is 15.1. The molecular weight excluding hydrogens is 370 g/mol. The average Bonchev–Trinajstić information content (AvgIpc) is 2.77. The minimum Gasteiger partial charge on any atom is -0.497 e. The van der Waals surface area contributed by atoms with Gasteiger partial charge in [0.2, 0.25) is 0 Å². The van der Waals surface area contributed by atoms with Gasteiger partial charge in [-0.2, -0.15) is 0 Å². The van der Waals surface area contributed by atoms with E-state index in [4.69, 9.17) is 14.2 Å². The number of nitrogens with one attached hydrogen (secondary N) is 2. The Labute approximate surface area is 172 Å². The van der Waals surface area contributed by atoms with Gasteiger partial charge in [0.1, 0.15) is 23.4 Å². The van der Waals surface area contributed by atoms with Gasteiger partial charge in [-0.3, -0.25) is 4.99 Å². The molecule has 1 atom stereocenters. The van der Waals surface area contributed by atoms with Crippen molar-refractivity contribution in [2.24, 2.45) is 4.99 Å². The Balaban J connectivity index is 1.86. The maximum atomic E-state index is 10.6. The molecule has 0 heterocycles. The first-order valence-corrected chi connectivity index (χ1v) is 9.78. The van der Waals surface area contributed by atoms with Gasteiger partial charge >= 0.3 is 0 Å². The molecule has 2 rings (SSSR count). The summed E-state index contributed by atoms with van der Waals surface area (Å²) in [4.78, 5) is 4.48. The summed E-state index contributed by atoms with van der Waals surface area (Å²) in [7, 11) is 3.16. The number of nitrogens with zero attached hydrogens (tertiary/aromatic N) is 1. The largest absolute Gasteiger partial charge is 0.497 e. The van der Waals surface area contributed by atoms with E-state index in [0.717, 1.165) is 18.7 Å². The highest BCUT2D eigenvalue weighted by Gasteiger charge is 2.14. The maximum Gasteiger partial charge on any atom is 0.191 e. The molecule has 1 unspecified atom stereocenters. The minimum atomic E-state index is -0.808. The van der Waals surface area contributed by atoms with Crippen LogP contribution in [-0.2, 0) is 0 Å². The Bertz CT molecular complexity index is 753. The van der Waals surface area contributed by atoms with Crippen molar-refractivity contribution >= 4 is 5.96 Å². The molecule has 0 radical (unpaired) electrons. The SMILES string of the molecule is CCNC(=NCC(O)c1cc(OC)ccc1OC)NCCCOc1ccccc1. The molecule has 0 amide bonds. The van der Waals surface area contributed by atoms with Crippen molar-refractivity contribution in [3.8, 4) is 17.2 Å². The number of aliphatic hydroxyl groups excluding tert-OH is 1. The Hall–Kier alpha value is -2.93.